The molecule has 0 aromatic heterocycles. The zero-order valence-electron chi connectivity index (χ0n) is 18.6. The van der Waals surface area contributed by atoms with Crippen LogP contribution in [0.1, 0.15) is 17.5 Å². The number of halogens is 2. The van der Waals surface area contributed by atoms with Crippen LogP contribution in [0, 0.1) is 5.92 Å². The Balaban J connectivity index is 1.43. The van der Waals surface area contributed by atoms with Crippen LogP contribution in [-0.2, 0) is 17.8 Å². The largest absolute Gasteiger partial charge is 0.493 e. The average Bonchev–Trinajstić information content (AvgIpc) is 3.26. The Morgan fingerprint density at radius 1 is 1.16 bits per heavy atom. The third-order valence-electron chi connectivity index (χ3n) is 5.40. The first-order valence-electron chi connectivity index (χ1n) is 10.8. The van der Waals surface area contributed by atoms with Crippen LogP contribution in [0.2, 0.25) is 0 Å². The highest BCUT2D eigenvalue weighted by Gasteiger charge is 2.25. The van der Waals surface area contributed by atoms with Gasteiger partial charge >= 0.3 is 6.61 Å². The molecule has 1 unspecified atom stereocenters. The second-order valence-electron chi connectivity index (χ2n) is 7.69. The minimum Gasteiger partial charge on any atom is -0.493 e. The molecule has 0 bridgehead atoms. The summed E-state index contributed by atoms with van der Waals surface area (Å²) in [5, 5.41) is 3.37. The van der Waals surface area contributed by atoms with Gasteiger partial charge in [0.25, 0.3) is 0 Å². The standard InChI is InChI=1S/C24H31F2N3O3/c1-27-24(28-12-10-18-8-9-21(30-2)22(14-18)32-23(25)26)29-13-11-20(15-29)17-31-16-19-6-4-3-5-7-19/h3-9,14,20,23H,10-13,15-17H2,1-2H3,(H,27,28). The Bertz CT molecular complexity index is 865. The van der Waals surface area contributed by atoms with Crippen molar-refractivity contribution in [2.45, 2.75) is 26.1 Å². The van der Waals surface area contributed by atoms with Gasteiger partial charge in [0.05, 0.1) is 20.3 Å². The molecular formula is C24H31F2N3O3. The van der Waals surface area contributed by atoms with Gasteiger partial charge < -0.3 is 24.4 Å². The molecule has 1 heterocycles. The fourth-order valence-electron chi connectivity index (χ4n) is 3.79. The number of alkyl halides is 2. The van der Waals surface area contributed by atoms with Crippen molar-refractivity contribution in [3.8, 4) is 11.5 Å². The molecule has 0 amide bonds. The molecule has 1 fully saturated rings. The van der Waals surface area contributed by atoms with Gasteiger partial charge in [-0.1, -0.05) is 36.4 Å². The van der Waals surface area contributed by atoms with Crippen LogP contribution >= 0.6 is 0 Å². The zero-order chi connectivity index (χ0) is 22.8. The second-order valence-corrected chi connectivity index (χ2v) is 7.69. The Morgan fingerprint density at radius 3 is 2.69 bits per heavy atom. The number of guanidine groups is 1. The monoisotopic (exact) mass is 447 g/mol. The molecule has 1 atom stereocenters. The topological polar surface area (TPSA) is 55.3 Å². The van der Waals surface area contributed by atoms with Gasteiger partial charge in [-0.25, -0.2) is 0 Å². The molecule has 0 radical (unpaired) electrons. The highest BCUT2D eigenvalue weighted by molar-refractivity contribution is 5.80. The number of ether oxygens (including phenoxy) is 3. The summed E-state index contributed by atoms with van der Waals surface area (Å²) in [6.07, 6.45) is 1.70. The summed E-state index contributed by atoms with van der Waals surface area (Å²) < 4.78 is 40.8. The Kier molecular flexibility index (Phi) is 9.10. The van der Waals surface area contributed by atoms with Crippen LogP contribution in [0.15, 0.2) is 53.5 Å². The quantitative estimate of drug-likeness (QED) is 0.442. The summed E-state index contributed by atoms with van der Waals surface area (Å²) in [5.74, 6) is 1.64. The molecule has 0 saturated carbocycles. The normalized spacial score (nSPS) is 16.5. The number of benzene rings is 2. The van der Waals surface area contributed by atoms with E-state index in [1.807, 2.05) is 24.3 Å². The highest BCUT2D eigenvalue weighted by Crippen LogP contribution is 2.29. The van der Waals surface area contributed by atoms with Crippen LogP contribution in [0.3, 0.4) is 0 Å². The molecule has 174 valence electrons. The van der Waals surface area contributed by atoms with Gasteiger partial charge in [0.15, 0.2) is 17.5 Å². The van der Waals surface area contributed by atoms with Gasteiger partial charge in [0.2, 0.25) is 0 Å². The number of nitrogens with one attached hydrogen (secondary N) is 1. The molecule has 32 heavy (non-hydrogen) atoms. The molecule has 6 nitrogen and oxygen atoms in total. The van der Waals surface area contributed by atoms with Crippen molar-refractivity contribution in [1.29, 1.82) is 0 Å². The lowest BCUT2D eigenvalue weighted by molar-refractivity contribution is -0.0512. The number of methoxy groups -OCH3 is 1. The molecule has 1 saturated heterocycles. The predicted octanol–water partition coefficient (Wildman–Crippen LogP) is 3.95. The number of hydrogen-bond acceptors (Lipinski definition) is 4. The fraction of sp³-hybridized carbons (Fsp3) is 0.458. The zero-order valence-corrected chi connectivity index (χ0v) is 18.6. The van der Waals surface area contributed by atoms with Crippen LogP contribution in [0.5, 0.6) is 11.5 Å². The van der Waals surface area contributed by atoms with Crippen molar-refractivity contribution in [1.82, 2.24) is 10.2 Å². The minimum absolute atomic E-state index is 0.0438. The maximum absolute atomic E-state index is 12.6. The molecule has 8 heteroatoms. The lowest BCUT2D eigenvalue weighted by atomic mass is 10.1. The maximum Gasteiger partial charge on any atom is 0.387 e. The van der Waals surface area contributed by atoms with Gasteiger partial charge in [-0.15, -0.1) is 0 Å². The predicted molar refractivity (Wildman–Crippen MR) is 120 cm³/mol. The molecule has 0 spiro atoms. The van der Waals surface area contributed by atoms with Crippen LogP contribution in [0.25, 0.3) is 0 Å². The van der Waals surface area contributed by atoms with Crippen molar-refractivity contribution in [3.63, 3.8) is 0 Å². The first-order valence-corrected chi connectivity index (χ1v) is 10.8. The average molecular weight is 448 g/mol. The molecule has 1 aliphatic rings. The van der Waals surface area contributed by atoms with Crippen LogP contribution in [-0.4, -0.2) is 57.9 Å². The van der Waals surface area contributed by atoms with Crippen LogP contribution < -0.4 is 14.8 Å². The summed E-state index contributed by atoms with van der Waals surface area (Å²) in [6.45, 7) is 0.900. The lowest BCUT2D eigenvalue weighted by Crippen LogP contribution is -2.41. The molecular weight excluding hydrogens is 416 g/mol. The van der Waals surface area contributed by atoms with Gasteiger partial charge in [0.1, 0.15) is 0 Å². The maximum atomic E-state index is 12.6. The molecule has 0 aliphatic carbocycles. The summed E-state index contributed by atoms with van der Waals surface area (Å²) in [5.41, 5.74) is 2.05. The summed E-state index contributed by atoms with van der Waals surface area (Å²) in [4.78, 5) is 6.63. The smallest absolute Gasteiger partial charge is 0.387 e. The first kappa shape index (κ1) is 23.8. The molecule has 2 aromatic carbocycles. The van der Waals surface area contributed by atoms with Gasteiger partial charge in [0, 0.05) is 32.6 Å². The summed E-state index contributed by atoms with van der Waals surface area (Å²) in [6, 6.07) is 15.2. The highest BCUT2D eigenvalue weighted by atomic mass is 19.3. The van der Waals surface area contributed by atoms with E-state index in [1.54, 1.807) is 19.2 Å². The summed E-state index contributed by atoms with van der Waals surface area (Å²) in [7, 11) is 3.19. The van der Waals surface area contributed by atoms with E-state index < -0.39 is 6.61 Å². The van der Waals surface area contributed by atoms with E-state index in [2.05, 4.69) is 32.1 Å². The van der Waals surface area contributed by atoms with Crippen molar-refractivity contribution < 1.29 is 23.0 Å². The van der Waals surface area contributed by atoms with Gasteiger partial charge in [-0.3, -0.25) is 4.99 Å². The number of rotatable bonds is 10. The third kappa shape index (κ3) is 7.09. The Hall–Kier alpha value is -2.87. The fourth-order valence-corrected chi connectivity index (χ4v) is 3.79. The number of likely N-dealkylation sites (tertiary alicyclic amines) is 1. The van der Waals surface area contributed by atoms with E-state index in [1.165, 1.54) is 12.7 Å². The van der Waals surface area contributed by atoms with E-state index in [0.717, 1.165) is 37.6 Å². The van der Waals surface area contributed by atoms with Crippen molar-refractivity contribution in [2.24, 2.45) is 10.9 Å². The first-order chi connectivity index (χ1) is 15.6. The van der Waals surface area contributed by atoms with E-state index in [0.29, 0.717) is 25.5 Å². The van der Waals surface area contributed by atoms with E-state index in [9.17, 15) is 8.78 Å². The van der Waals surface area contributed by atoms with Crippen molar-refractivity contribution in [3.05, 3.63) is 59.7 Å². The van der Waals surface area contributed by atoms with Crippen molar-refractivity contribution >= 4 is 5.96 Å². The Labute approximate surface area is 188 Å². The van der Waals surface area contributed by atoms with E-state index in [4.69, 9.17) is 9.47 Å². The molecule has 1 N–H and O–H groups in total. The van der Waals surface area contributed by atoms with E-state index in [-0.39, 0.29) is 11.5 Å². The molecule has 2 aromatic rings. The number of nitrogens with zero attached hydrogens (tertiary/aromatic N) is 2. The SMILES string of the molecule is CN=C(NCCc1ccc(OC)c(OC(F)F)c1)N1CCC(COCc2ccccc2)C1. The van der Waals surface area contributed by atoms with Gasteiger partial charge in [-0.2, -0.15) is 8.78 Å². The van der Waals surface area contributed by atoms with Gasteiger partial charge in [-0.05, 0) is 36.1 Å². The molecule has 3 rings (SSSR count). The van der Waals surface area contributed by atoms with E-state index >= 15 is 0 Å². The third-order valence-corrected chi connectivity index (χ3v) is 5.40. The number of hydrogen-bond donors (Lipinski definition) is 1. The van der Waals surface area contributed by atoms with Crippen molar-refractivity contribution in [2.75, 3.05) is 40.4 Å². The summed E-state index contributed by atoms with van der Waals surface area (Å²) >= 11 is 0. The lowest BCUT2D eigenvalue weighted by Gasteiger charge is -2.22. The van der Waals surface area contributed by atoms with Crippen LogP contribution in [0.4, 0.5) is 8.78 Å². The number of aliphatic imine (C=N–C) groups is 1. The second kappa shape index (κ2) is 12.2. The molecule has 1 aliphatic heterocycles. The Morgan fingerprint density at radius 2 is 1.97 bits per heavy atom. The minimum atomic E-state index is -2.89.